The lowest BCUT2D eigenvalue weighted by Crippen LogP contribution is -2.26. The van der Waals surface area contributed by atoms with Gasteiger partial charge in [0.05, 0.1) is 14.2 Å². The molecule has 0 bridgehead atoms. The molecule has 0 saturated carbocycles. The van der Waals surface area contributed by atoms with E-state index in [4.69, 9.17) is 9.47 Å². The van der Waals surface area contributed by atoms with Gasteiger partial charge in [-0.2, -0.15) is 0 Å². The molecule has 0 amide bonds. The Labute approximate surface area is 181 Å². The Kier molecular flexibility index (Phi) is 7.16. The molecule has 1 N–H and O–H groups in total. The van der Waals surface area contributed by atoms with Crippen molar-refractivity contribution in [2.75, 3.05) is 19.5 Å². The Morgan fingerprint density at radius 1 is 1.10 bits per heavy atom. The highest BCUT2D eigenvalue weighted by molar-refractivity contribution is 9.10. The summed E-state index contributed by atoms with van der Waals surface area (Å²) in [6.07, 6.45) is 0. The molecule has 0 aliphatic rings. The second kappa shape index (κ2) is 9.80. The zero-order valence-electron chi connectivity index (χ0n) is 16.3. The lowest BCUT2D eigenvalue weighted by atomic mass is 10.2. The third-order valence-electron chi connectivity index (χ3n) is 4.13. The van der Waals surface area contributed by atoms with Crippen LogP contribution in [-0.4, -0.2) is 29.0 Å². The smallest absolute Gasteiger partial charge is 0.297 e. The van der Waals surface area contributed by atoms with Crippen molar-refractivity contribution in [2.24, 2.45) is 0 Å². The van der Waals surface area contributed by atoms with Crippen LogP contribution in [0.1, 0.15) is 12.5 Å². The van der Waals surface area contributed by atoms with E-state index in [1.165, 1.54) is 11.8 Å². The van der Waals surface area contributed by atoms with E-state index in [1.807, 2.05) is 49.4 Å². The Morgan fingerprint density at radius 2 is 1.90 bits per heavy atom. The first kappa shape index (κ1) is 21.2. The summed E-state index contributed by atoms with van der Waals surface area (Å²) >= 11 is 4.86. The topological polar surface area (TPSA) is 78.3 Å². The van der Waals surface area contributed by atoms with Crippen LogP contribution in [0.15, 0.2) is 56.9 Å². The van der Waals surface area contributed by atoms with Gasteiger partial charge in [0, 0.05) is 22.5 Å². The van der Waals surface area contributed by atoms with Gasteiger partial charge in [-0.05, 0) is 42.8 Å². The SMILES string of the molecule is CCn1c(SCc2ccc(OC)c(OC)c2)nnc(Nc2cccc(Br)c2)c1=O. The molecule has 0 radical (unpaired) electrons. The molecule has 3 aromatic rings. The fourth-order valence-electron chi connectivity index (χ4n) is 2.69. The number of anilines is 2. The first-order valence-electron chi connectivity index (χ1n) is 8.89. The van der Waals surface area contributed by atoms with Crippen LogP contribution in [0.3, 0.4) is 0 Å². The van der Waals surface area contributed by atoms with Gasteiger partial charge in [0.15, 0.2) is 16.7 Å². The highest BCUT2D eigenvalue weighted by Gasteiger charge is 2.13. The molecule has 7 nitrogen and oxygen atoms in total. The number of benzene rings is 2. The van der Waals surface area contributed by atoms with Crippen LogP contribution < -0.4 is 20.3 Å². The molecule has 0 spiro atoms. The van der Waals surface area contributed by atoms with Crippen LogP contribution >= 0.6 is 27.7 Å². The second-order valence-electron chi connectivity index (χ2n) is 5.99. The normalized spacial score (nSPS) is 10.6. The maximum Gasteiger partial charge on any atom is 0.297 e. The van der Waals surface area contributed by atoms with Gasteiger partial charge < -0.3 is 14.8 Å². The third kappa shape index (κ3) is 5.10. The zero-order valence-corrected chi connectivity index (χ0v) is 18.7. The predicted molar refractivity (Wildman–Crippen MR) is 118 cm³/mol. The summed E-state index contributed by atoms with van der Waals surface area (Å²) in [5, 5.41) is 12.0. The summed E-state index contributed by atoms with van der Waals surface area (Å²) in [7, 11) is 3.21. The van der Waals surface area contributed by atoms with Gasteiger partial charge in [-0.25, -0.2) is 0 Å². The second-order valence-corrected chi connectivity index (χ2v) is 7.85. The number of aromatic nitrogens is 3. The summed E-state index contributed by atoms with van der Waals surface area (Å²) in [5.41, 5.74) is 1.58. The Balaban J connectivity index is 1.80. The van der Waals surface area contributed by atoms with Crippen LogP contribution in [0.4, 0.5) is 11.5 Å². The molecule has 0 aliphatic carbocycles. The molecule has 1 aromatic heterocycles. The van der Waals surface area contributed by atoms with Gasteiger partial charge in [-0.15, -0.1) is 10.2 Å². The van der Waals surface area contributed by atoms with Crippen molar-refractivity contribution in [1.82, 2.24) is 14.8 Å². The monoisotopic (exact) mass is 476 g/mol. The average Bonchev–Trinajstić information content (AvgIpc) is 2.73. The maximum atomic E-state index is 12.8. The molecule has 0 atom stereocenters. The lowest BCUT2D eigenvalue weighted by molar-refractivity contribution is 0.354. The third-order valence-corrected chi connectivity index (χ3v) is 5.66. The van der Waals surface area contributed by atoms with Crippen molar-refractivity contribution in [3.05, 3.63) is 62.9 Å². The molecule has 0 aliphatic heterocycles. The van der Waals surface area contributed by atoms with E-state index in [0.29, 0.717) is 29.0 Å². The summed E-state index contributed by atoms with van der Waals surface area (Å²) in [5.74, 6) is 2.15. The number of halogens is 1. The van der Waals surface area contributed by atoms with Crippen LogP contribution in [0.2, 0.25) is 0 Å². The first-order valence-corrected chi connectivity index (χ1v) is 10.7. The standard InChI is InChI=1S/C20H21BrN4O3S/c1-4-25-19(26)18(22-15-7-5-6-14(21)11-15)23-24-20(25)29-12-13-8-9-16(27-2)17(10-13)28-3/h5-11H,4,12H2,1-3H3,(H,22,23). The van der Waals surface area contributed by atoms with E-state index in [0.717, 1.165) is 15.7 Å². The van der Waals surface area contributed by atoms with Gasteiger partial charge in [0.1, 0.15) is 0 Å². The minimum atomic E-state index is -0.211. The van der Waals surface area contributed by atoms with Gasteiger partial charge >= 0.3 is 0 Å². The molecular formula is C20H21BrN4O3S. The summed E-state index contributed by atoms with van der Waals surface area (Å²) < 4.78 is 13.1. The van der Waals surface area contributed by atoms with E-state index < -0.39 is 0 Å². The molecule has 3 rings (SSSR count). The molecule has 29 heavy (non-hydrogen) atoms. The minimum absolute atomic E-state index is 0.195. The summed E-state index contributed by atoms with van der Waals surface area (Å²) in [4.78, 5) is 12.8. The number of thioether (sulfide) groups is 1. The van der Waals surface area contributed by atoms with E-state index in [2.05, 4.69) is 31.4 Å². The predicted octanol–water partition coefficient (Wildman–Crippen LogP) is 4.47. The van der Waals surface area contributed by atoms with Crippen molar-refractivity contribution in [3.63, 3.8) is 0 Å². The minimum Gasteiger partial charge on any atom is -0.493 e. The Hall–Kier alpha value is -2.52. The Bertz CT molecular complexity index is 1060. The average molecular weight is 477 g/mol. The molecule has 0 fully saturated rings. The maximum absolute atomic E-state index is 12.8. The fraction of sp³-hybridized carbons (Fsp3) is 0.250. The van der Waals surface area contributed by atoms with E-state index in [1.54, 1.807) is 18.8 Å². The van der Waals surface area contributed by atoms with Gasteiger partial charge in [0.25, 0.3) is 5.56 Å². The molecule has 0 unspecified atom stereocenters. The molecule has 1 heterocycles. The van der Waals surface area contributed by atoms with Crippen LogP contribution in [-0.2, 0) is 12.3 Å². The Morgan fingerprint density at radius 3 is 2.59 bits per heavy atom. The molecule has 2 aromatic carbocycles. The van der Waals surface area contributed by atoms with Gasteiger partial charge in [-0.3, -0.25) is 9.36 Å². The van der Waals surface area contributed by atoms with Crippen LogP contribution in [0, 0.1) is 0 Å². The van der Waals surface area contributed by atoms with E-state index in [-0.39, 0.29) is 11.4 Å². The first-order chi connectivity index (χ1) is 14.0. The number of rotatable bonds is 8. The van der Waals surface area contributed by atoms with Crippen molar-refractivity contribution in [2.45, 2.75) is 24.4 Å². The van der Waals surface area contributed by atoms with Gasteiger partial charge in [-0.1, -0.05) is 39.8 Å². The van der Waals surface area contributed by atoms with Crippen molar-refractivity contribution in [1.29, 1.82) is 0 Å². The number of ether oxygens (including phenoxy) is 2. The summed E-state index contributed by atoms with van der Waals surface area (Å²) in [6, 6.07) is 13.3. The largest absolute Gasteiger partial charge is 0.493 e. The molecular weight excluding hydrogens is 456 g/mol. The van der Waals surface area contributed by atoms with E-state index in [9.17, 15) is 4.79 Å². The summed E-state index contributed by atoms with van der Waals surface area (Å²) in [6.45, 7) is 2.40. The quantitative estimate of drug-likeness (QED) is 0.480. The molecule has 9 heteroatoms. The van der Waals surface area contributed by atoms with Crippen molar-refractivity contribution in [3.8, 4) is 11.5 Å². The zero-order chi connectivity index (χ0) is 20.8. The number of hydrogen-bond donors (Lipinski definition) is 1. The number of hydrogen-bond acceptors (Lipinski definition) is 7. The van der Waals surface area contributed by atoms with Crippen LogP contribution in [0.5, 0.6) is 11.5 Å². The molecule has 0 saturated heterocycles. The number of nitrogens with one attached hydrogen (secondary N) is 1. The number of nitrogens with zero attached hydrogens (tertiary/aromatic N) is 3. The highest BCUT2D eigenvalue weighted by atomic mass is 79.9. The van der Waals surface area contributed by atoms with Crippen LogP contribution in [0.25, 0.3) is 0 Å². The van der Waals surface area contributed by atoms with E-state index >= 15 is 0 Å². The fourth-order valence-corrected chi connectivity index (χ4v) is 4.03. The van der Waals surface area contributed by atoms with Gasteiger partial charge in [0.2, 0.25) is 5.82 Å². The highest BCUT2D eigenvalue weighted by Crippen LogP contribution is 2.30. The van der Waals surface area contributed by atoms with Crippen molar-refractivity contribution < 1.29 is 9.47 Å². The number of methoxy groups -OCH3 is 2. The molecule has 152 valence electrons. The van der Waals surface area contributed by atoms with Crippen molar-refractivity contribution >= 4 is 39.2 Å². The lowest BCUT2D eigenvalue weighted by Gasteiger charge is -2.12.